The van der Waals surface area contributed by atoms with Crippen molar-refractivity contribution in [2.24, 2.45) is 5.92 Å². The highest BCUT2D eigenvalue weighted by Gasteiger charge is 2.23. The largest absolute Gasteiger partial charge is 0.355 e. The number of hydrogen-bond donors (Lipinski definition) is 3. The summed E-state index contributed by atoms with van der Waals surface area (Å²) in [6, 6.07) is 0. The Hall–Kier alpha value is -2.11. The first-order valence-corrected chi connectivity index (χ1v) is 6.36. The molecule has 1 aliphatic carbocycles. The Labute approximate surface area is 111 Å². The van der Waals surface area contributed by atoms with Gasteiger partial charge in [-0.25, -0.2) is 0 Å². The van der Waals surface area contributed by atoms with Crippen LogP contribution in [0.2, 0.25) is 0 Å². The van der Waals surface area contributed by atoms with Gasteiger partial charge in [-0.15, -0.1) is 0 Å². The number of amides is 2. The number of allylic oxidation sites excluding steroid dienone is 2. The van der Waals surface area contributed by atoms with Gasteiger partial charge in [-0.05, 0) is 26.2 Å². The summed E-state index contributed by atoms with van der Waals surface area (Å²) in [5, 5.41) is 12.0. The van der Waals surface area contributed by atoms with Gasteiger partial charge in [0.2, 0.25) is 5.91 Å². The molecule has 6 heteroatoms. The third-order valence-electron chi connectivity index (χ3n) is 3.28. The summed E-state index contributed by atoms with van der Waals surface area (Å²) in [4.78, 5) is 23.8. The van der Waals surface area contributed by atoms with E-state index in [-0.39, 0.29) is 17.7 Å². The maximum Gasteiger partial charge on any atom is 0.256 e. The van der Waals surface area contributed by atoms with Crippen LogP contribution in [0.1, 0.15) is 35.3 Å². The lowest BCUT2D eigenvalue weighted by atomic mass is 9.93. The minimum atomic E-state index is -0.259. The minimum Gasteiger partial charge on any atom is -0.355 e. The number of aromatic amines is 1. The van der Waals surface area contributed by atoms with E-state index in [2.05, 4.69) is 26.9 Å². The number of H-pyrrole nitrogens is 1. The van der Waals surface area contributed by atoms with Crippen molar-refractivity contribution >= 4 is 17.6 Å². The second-order valence-electron chi connectivity index (χ2n) is 4.62. The Bertz CT molecular complexity index is 519. The highest BCUT2D eigenvalue weighted by atomic mass is 16.2. The molecule has 1 heterocycles. The predicted molar refractivity (Wildman–Crippen MR) is 71.8 cm³/mol. The highest BCUT2D eigenvalue weighted by Crippen LogP contribution is 2.22. The molecule has 19 heavy (non-hydrogen) atoms. The summed E-state index contributed by atoms with van der Waals surface area (Å²) in [6.45, 7) is 1.75. The van der Waals surface area contributed by atoms with E-state index in [0.29, 0.717) is 17.1 Å². The predicted octanol–water partition coefficient (Wildman–Crippen LogP) is 1.37. The van der Waals surface area contributed by atoms with Crippen LogP contribution in [0.15, 0.2) is 12.2 Å². The minimum absolute atomic E-state index is 0.0421. The van der Waals surface area contributed by atoms with E-state index >= 15 is 0 Å². The summed E-state index contributed by atoms with van der Waals surface area (Å²) < 4.78 is 0. The van der Waals surface area contributed by atoms with Gasteiger partial charge >= 0.3 is 0 Å². The Kier molecular flexibility index (Phi) is 3.99. The molecule has 1 atom stereocenters. The third-order valence-corrected chi connectivity index (χ3v) is 3.28. The van der Waals surface area contributed by atoms with Crippen molar-refractivity contribution in [3.63, 3.8) is 0 Å². The fourth-order valence-corrected chi connectivity index (χ4v) is 2.17. The third kappa shape index (κ3) is 2.83. The standard InChI is InChI=1S/C13H18N4O2/c1-8-10(13(19)14-2)11(17-16-8)15-12(18)9-6-4-3-5-7-9/h3-4,9H,5-7H2,1-2H3,(H,14,19)(H2,15,16,17,18)/t9-/m1/s1. The van der Waals surface area contributed by atoms with Crippen LogP contribution in [-0.4, -0.2) is 29.1 Å². The number of rotatable bonds is 3. The van der Waals surface area contributed by atoms with E-state index in [1.54, 1.807) is 14.0 Å². The maximum absolute atomic E-state index is 12.1. The molecule has 0 saturated carbocycles. The number of nitrogens with zero attached hydrogens (tertiary/aromatic N) is 1. The number of anilines is 1. The Morgan fingerprint density at radius 1 is 1.42 bits per heavy atom. The molecular formula is C13H18N4O2. The SMILES string of the molecule is CNC(=O)c1c(NC(=O)[C@@H]2CC=CCC2)n[nH]c1C. The van der Waals surface area contributed by atoms with Crippen LogP contribution in [0, 0.1) is 12.8 Å². The molecule has 1 aromatic rings. The number of hydrogen-bond acceptors (Lipinski definition) is 3. The summed E-state index contributed by atoms with van der Waals surface area (Å²) >= 11 is 0. The molecule has 3 N–H and O–H groups in total. The normalized spacial score (nSPS) is 18.1. The molecule has 1 aliphatic rings. The number of aryl methyl sites for hydroxylation is 1. The van der Waals surface area contributed by atoms with Gasteiger partial charge in [0.15, 0.2) is 5.82 Å². The van der Waals surface area contributed by atoms with Crippen LogP contribution in [0.4, 0.5) is 5.82 Å². The topological polar surface area (TPSA) is 86.9 Å². The Balaban J connectivity index is 2.12. The van der Waals surface area contributed by atoms with Crippen LogP contribution < -0.4 is 10.6 Å². The van der Waals surface area contributed by atoms with Crippen LogP contribution in [0.3, 0.4) is 0 Å². The average Bonchev–Trinajstić information content (AvgIpc) is 2.80. The zero-order valence-corrected chi connectivity index (χ0v) is 11.1. The van der Waals surface area contributed by atoms with E-state index in [0.717, 1.165) is 19.3 Å². The van der Waals surface area contributed by atoms with Crippen LogP contribution >= 0.6 is 0 Å². The van der Waals surface area contributed by atoms with Gasteiger partial charge in [-0.1, -0.05) is 12.2 Å². The smallest absolute Gasteiger partial charge is 0.256 e. The monoisotopic (exact) mass is 262 g/mol. The fraction of sp³-hybridized carbons (Fsp3) is 0.462. The molecule has 102 valence electrons. The number of carbonyl (C=O) groups is 2. The number of aromatic nitrogens is 2. The van der Waals surface area contributed by atoms with Crippen LogP contribution in [0.25, 0.3) is 0 Å². The molecule has 1 aromatic heterocycles. The van der Waals surface area contributed by atoms with Gasteiger partial charge in [-0.3, -0.25) is 14.7 Å². The lowest BCUT2D eigenvalue weighted by Gasteiger charge is -2.16. The van der Waals surface area contributed by atoms with Gasteiger partial charge in [-0.2, -0.15) is 5.10 Å². The summed E-state index contributed by atoms with van der Waals surface area (Å²) in [7, 11) is 1.55. The van der Waals surface area contributed by atoms with Crippen molar-refractivity contribution in [2.75, 3.05) is 12.4 Å². The van der Waals surface area contributed by atoms with Gasteiger partial charge in [0.05, 0.1) is 0 Å². The van der Waals surface area contributed by atoms with E-state index in [4.69, 9.17) is 0 Å². The molecule has 6 nitrogen and oxygen atoms in total. The van der Waals surface area contributed by atoms with E-state index in [1.165, 1.54) is 0 Å². The molecular weight excluding hydrogens is 244 g/mol. The van der Waals surface area contributed by atoms with Crippen LogP contribution in [0.5, 0.6) is 0 Å². The van der Waals surface area contributed by atoms with Crippen molar-refractivity contribution in [3.8, 4) is 0 Å². The molecule has 0 saturated heterocycles. The van der Waals surface area contributed by atoms with Crippen molar-refractivity contribution in [1.29, 1.82) is 0 Å². The Morgan fingerprint density at radius 3 is 2.84 bits per heavy atom. The quantitative estimate of drug-likeness (QED) is 0.719. The zero-order valence-electron chi connectivity index (χ0n) is 11.1. The average molecular weight is 262 g/mol. The number of carbonyl (C=O) groups excluding carboxylic acids is 2. The lowest BCUT2D eigenvalue weighted by Crippen LogP contribution is -2.26. The van der Waals surface area contributed by atoms with Crippen molar-refractivity contribution in [1.82, 2.24) is 15.5 Å². The fourth-order valence-electron chi connectivity index (χ4n) is 2.17. The van der Waals surface area contributed by atoms with Gasteiger partial charge in [0, 0.05) is 18.7 Å². The second kappa shape index (κ2) is 5.69. The summed E-state index contributed by atoms with van der Waals surface area (Å²) in [6.07, 6.45) is 6.59. The van der Waals surface area contributed by atoms with E-state index in [9.17, 15) is 9.59 Å². The Morgan fingerprint density at radius 2 is 2.21 bits per heavy atom. The van der Waals surface area contributed by atoms with Gasteiger partial charge in [0.1, 0.15) is 5.56 Å². The molecule has 0 unspecified atom stereocenters. The van der Waals surface area contributed by atoms with Crippen molar-refractivity contribution < 1.29 is 9.59 Å². The molecule has 0 aliphatic heterocycles. The van der Waals surface area contributed by atoms with Gasteiger partial charge < -0.3 is 10.6 Å². The molecule has 2 rings (SSSR count). The van der Waals surface area contributed by atoms with Crippen molar-refractivity contribution in [2.45, 2.75) is 26.2 Å². The van der Waals surface area contributed by atoms with E-state index in [1.807, 2.05) is 6.08 Å². The molecule has 0 spiro atoms. The first kappa shape index (κ1) is 13.3. The second-order valence-corrected chi connectivity index (χ2v) is 4.62. The first-order chi connectivity index (χ1) is 9.13. The molecule has 0 radical (unpaired) electrons. The van der Waals surface area contributed by atoms with Crippen molar-refractivity contribution in [3.05, 3.63) is 23.4 Å². The molecule has 2 amide bonds. The summed E-state index contributed by atoms with van der Waals surface area (Å²) in [5.41, 5.74) is 1.03. The highest BCUT2D eigenvalue weighted by molar-refractivity contribution is 6.03. The molecule has 0 bridgehead atoms. The zero-order chi connectivity index (χ0) is 13.8. The van der Waals surface area contributed by atoms with E-state index < -0.39 is 0 Å². The molecule has 0 fully saturated rings. The molecule has 0 aromatic carbocycles. The summed E-state index contributed by atoms with van der Waals surface area (Å²) in [5.74, 6) is -0.0814. The lowest BCUT2D eigenvalue weighted by molar-refractivity contribution is -0.120. The van der Waals surface area contributed by atoms with Crippen LogP contribution in [-0.2, 0) is 4.79 Å². The maximum atomic E-state index is 12.1. The number of nitrogens with one attached hydrogen (secondary N) is 3. The van der Waals surface area contributed by atoms with Gasteiger partial charge in [0.25, 0.3) is 5.91 Å². The first-order valence-electron chi connectivity index (χ1n) is 6.36.